The van der Waals surface area contributed by atoms with Crippen LogP contribution in [0.15, 0.2) is 16.7 Å². The van der Waals surface area contributed by atoms with Gasteiger partial charge in [0, 0.05) is 17.2 Å². The van der Waals surface area contributed by atoms with Crippen LogP contribution in [0, 0.1) is 5.92 Å². The second kappa shape index (κ2) is 7.36. The first kappa shape index (κ1) is 15.0. The van der Waals surface area contributed by atoms with Crippen LogP contribution in [-0.2, 0) is 0 Å². The molecule has 1 aromatic rings. The average molecular weight is 315 g/mol. The average Bonchev–Trinajstić information content (AvgIpc) is 2.29. The van der Waals surface area contributed by atoms with Gasteiger partial charge in [-0.25, -0.2) is 9.78 Å². The van der Waals surface area contributed by atoms with Crippen LogP contribution >= 0.6 is 15.9 Å². The van der Waals surface area contributed by atoms with Crippen molar-refractivity contribution in [3.8, 4) is 0 Å². The van der Waals surface area contributed by atoms with Gasteiger partial charge in [-0.3, -0.25) is 0 Å². The molecule has 0 spiro atoms. The molecule has 4 nitrogen and oxygen atoms in total. The summed E-state index contributed by atoms with van der Waals surface area (Å²) in [7, 11) is 0. The SMILES string of the molecule is CC(C)CCCCNc1ncc(Br)cc1C(=O)O. The number of aromatic nitrogens is 1. The van der Waals surface area contributed by atoms with Crippen molar-refractivity contribution < 1.29 is 9.90 Å². The number of rotatable bonds is 7. The molecular formula is C13H19BrN2O2. The van der Waals surface area contributed by atoms with Crippen molar-refractivity contribution in [2.45, 2.75) is 33.1 Å². The number of hydrogen-bond acceptors (Lipinski definition) is 3. The summed E-state index contributed by atoms with van der Waals surface area (Å²) in [6.45, 7) is 5.15. The molecule has 1 aromatic heterocycles. The molecule has 0 aliphatic rings. The van der Waals surface area contributed by atoms with E-state index in [2.05, 4.69) is 40.1 Å². The summed E-state index contributed by atoms with van der Waals surface area (Å²) in [5.41, 5.74) is 0.202. The number of nitrogens with one attached hydrogen (secondary N) is 1. The number of anilines is 1. The third-order valence-corrected chi connectivity index (χ3v) is 3.02. The van der Waals surface area contributed by atoms with Crippen LogP contribution in [0.2, 0.25) is 0 Å². The lowest BCUT2D eigenvalue weighted by Crippen LogP contribution is -2.09. The lowest BCUT2D eigenvalue weighted by atomic mass is 10.1. The summed E-state index contributed by atoms with van der Waals surface area (Å²) < 4.78 is 0.672. The normalized spacial score (nSPS) is 10.7. The minimum absolute atomic E-state index is 0.202. The Hall–Kier alpha value is -1.10. The molecule has 5 heteroatoms. The molecule has 0 aliphatic carbocycles. The number of unbranched alkanes of at least 4 members (excludes halogenated alkanes) is 1. The molecule has 0 atom stereocenters. The van der Waals surface area contributed by atoms with Gasteiger partial charge in [-0.2, -0.15) is 0 Å². The lowest BCUT2D eigenvalue weighted by molar-refractivity contribution is 0.0697. The minimum Gasteiger partial charge on any atom is -0.478 e. The molecule has 1 rings (SSSR count). The molecule has 2 N–H and O–H groups in total. The smallest absolute Gasteiger partial charge is 0.339 e. The van der Waals surface area contributed by atoms with E-state index >= 15 is 0 Å². The Kier molecular flexibility index (Phi) is 6.12. The van der Waals surface area contributed by atoms with Gasteiger partial charge < -0.3 is 10.4 Å². The van der Waals surface area contributed by atoms with Gasteiger partial charge in [-0.15, -0.1) is 0 Å². The van der Waals surface area contributed by atoms with Gasteiger partial charge in [0.05, 0.1) is 0 Å². The highest BCUT2D eigenvalue weighted by Gasteiger charge is 2.11. The van der Waals surface area contributed by atoms with Crippen LogP contribution in [0.3, 0.4) is 0 Å². The number of nitrogens with zero attached hydrogens (tertiary/aromatic N) is 1. The number of hydrogen-bond donors (Lipinski definition) is 2. The molecule has 0 saturated carbocycles. The van der Waals surface area contributed by atoms with Gasteiger partial charge >= 0.3 is 5.97 Å². The first-order valence-electron chi connectivity index (χ1n) is 6.13. The van der Waals surface area contributed by atoms with E-state index in [4.69, 9.17) is 5.11 Å². The molecule has 0 aromatic carbocycles. The third-order valence-electron chi connectivity index (χ3n) is 2.59. The molecule has 0 saturated heterocycles. The maximum atomic E-state index is 11.1. The Morgan fingerprint density at radius 3 is 2.83 bits per heavy atom. The monoisotopic (exact) mass is 314 g/mol. The highest BCUT2D eigenvalue weighted by Crippen LogP contribution is 2.18. The van der Waals surface area contributed by atoms with Crippen LogP contribution in [0.5, 0.6) is 0 Å². The second-order valence-electron chi connectivity index (χ2n) is 4.67. The quantitative estimate of drug-likeness (QED) is 0.752. The van der Waals surface area contributed by atoms with E-state index in [1.54, 1.807) is 12.3 Å². The zero-order valence-corrected chi connectivity index (χ0v) is 12.3. The van der Waals surface area contributed by atoms with Gasteiger partial charge in [0.2, 0.25) is 0 Å². The predicted molar refractivity (Wildman–Crippen MR) is 76.1 cm³/mol. The molecule has 0 aliphatic heterocycles. The molecule has 0 amide bonds. The van der Waals surface area contributed by atoms with Crippen molar-refractivity contribution in [3.63, 3.8) is 0 Å². The Bertz CT molecular complexity index is 408. The fraction of sp³-hybridized carbons (Fsp3) is 0.538. The number of carboxylic acid groups (broad SMARTS) is 1. The number of carbonyl (C=O) groups is 1. The van der Waals surface area contributed by atoms with E-state index < -0.39 is 5.97 Å². The van der Waals surface area contributed by atoms with Crippen LogP contribution < -0.4 is 5.32 Å². The maximum Gasteiger partial charge on any atom is 0.339 e. The standard InChI is InChI=1S/C13H19BrN2O2/c1-9(2)5-3-4-6-15-12-11(13(17)18)7-10(14)8-16-12/h7-9H,3-6H2,1-2H3,(H,15,16)(H,17,18). The van der Waals surface area contributed by atoms with Crippen molar-refractivity contribution in [3.05, 3.63) is 22.3 Å². The third kappa shape index (κ3) is 5.04. The highest BCUT2D eigenvalue weighted by molar-refractivity contribution is 9.10. The van der Waals surface area contributed by atoms with Crippen molar-refractivity contribution in [1.82, 2.24) is 4.98 Å². The van der Waals surface area contributed by atoms with Crippen LogP contribution in [0.25, 0.3) is 0 Å². The van der Waals surface area contributed by atoms with Gasteiger partial charge in [0.15, 0.2) is 0 Å². The van der Waals surface area contributed by atoms with Gasteiger partial charge in [-0.05, 0) is 34.3 Å². The first-order chi connectivity index (χ1) is 8.50. The fourth-order valence-corrected chi connectivity index (χ4v) is 1.96. The summed E-state index contributed by atoms with van der Waals surface area (Å²) in [5.74, 6) is 0.189. The lowest BCUT2D eigenvalue weighted by Gasteiger charge is -2.09. The Morgan fingerprint density at radius 2 is 2.22 bits per heavy atom. The number of aromatic carboxylic acids is 1. The number of carboxylic acids is 1. The Morgan fingerprint density at radius 1 is 1.50 bits per heavy atom. The van der Waals surface area contributed by atoms with E-state index in [1.807, 2.05) is 0 Å². The molecule has 100 valence electrons. The summed E-state index contributed by atoms with van der Waals surface area (Å²) in [5, 5.41) is 12.1. The summed E-state index contributed by atoms with van der Waals surface area (Å²) >= 11 is 3.22. The van der Waals surface area contributed by atoms with Gasteiger partial charge in [0.1, 0.15) is 11.4 Å². The summed E-state index contributed by atoms with van der Waals surface area (Å²) in [6.07, 6.45) is 4.96. The molecule has 0 bridgehead atoms. The molecular weight excluding hydrogens is 296 g/mol. The maximum absolute atomic E-state index is 11.1. The number of halogens is 1. The Balaban J connectivity index is 2.49. The molecule has 1 heterocycles. The molecule has 18 heavy (non-hydrogen) atoms. The number of pyridine rings is 1. The van der Waals surface area contributed by atoms with E-state index in [0.29, 0.717) is 16.2 Å². The second-order valence-corrected chi connectivity index (χ2v) is 5.59. The highest BCUT2D eigenvalue weighted by atomic mass is 79.9. The van der Waals surface area contributed by atoms with E-state index in [-0.39, 0.29) is 5.56 Å². The molecule has 0 radical (unpaired) electrons. The van der Waals surface area contributed by atoms with E-state index in [1.165, 1.54) is 6.42 Å². The Labute approximate surface area is 116 Å². The minimum atomic E-state index is -0.964. The molecule has 0 fully saturated rings. The largest absolute Gasteiger partial charge is 0.478 e. The zero-order chi connectivity index (χ0) is 13.5. The topological polar surface area (TPSA) is 62.2 Å². The van der Waals surface area contributed by atoms with Crippen molar-refractivity contribution in [2.75, 3.05) is 11.9 Å². The van der Waals surface area contributed by atoms with Gasteiger partial charge in [0.25, 0.3) is 0 Å². The van der Waals surface area contributed by atoms with Crippen molar-refractivity contribution in [1.29, 1.82) is 0 Å². The summed E-state index contributed by atoms with van der Waals surface area (Å²) in [6, 6.07) is 1.56. The molecule has 0 unspecified atom stereocenters. The van der Waals surface area contributed by atoms with Crippen LogP contribution in [0.1, 0.15) is 43.5 Å². The summed E-state index contributed by atoms with van der Waals surface area (Å²) in [4.78, 5) is 15.1. The van der Waals surface area contributed by atoms with E-state index in [9.17, 15) is 4.79 Å². The first-order valence-corrected chi connectivity index (χ1v) is 6.92. The van der Waals surface area contributed by atoms with E-state index in [0.717, 1.165) is 19.4 Å². The van der Waals surface area contributed by atoms with Gasteiger partial charge in [-0.1, -0.05) is 26.7 Å². The van der Waals surface area contributed by atoms with Crippen LogP contribution in [0.4, 0.5) is 5.82 Å². The van der Waals surface area contributed by atoms with Crippen molar-refractivity contribution >= 4 is 27.7 Å². The van der Waals surface area contributed by atoms with Crippen molar-refractivity contribution in [2.24, 2.45) is 5.92 Å². The predicted octanol–water partition coefficient (Wildman–Crippen LogP) is 3.78. The zero-order valence-electron chi connectivity index (χ0n) is 10.7. The van der Waals surface area contributed by atoms with Crippen LogP contribution in [-0.4, -0.2) is 22.6 Å². The fourth-order valence-electron chi connectivity index (χ4n) is 1.63.